The minimum Gasteiger partial charge on any atom is -0.489 e. The highest BCUT2D eigenvalue weighted by molar-refractivity contribution is 7.97. The standard InChI is InChI=1S/C29H27O5S/c1-31-22-34-29(30)21-33-24-14-12-23(13-15-24)20-32-25-16-18-28(19-17-25)35(26-8-4-2-5-9-26)27-10-6-3-7-11-27/h2-19H,20-22H2,1H3/q+1. The van der Waals surface area contributed by atoms with E-state index in [1.165, 1.54) is 21.8 Å². The van der Waals surface area contributed by atoms with Gasteiger partial charge in [-0.15, -0.1) is 0 Å². The summed E-state index contributed by atoms with van der Waals surface area (Å²) in [6.45, 7) is 0.177. The maximum Gasteiger partial charge on any atom is 0.346 e. The summed E-state index contributed by atoms with van der Waals surface area (Å²) in [5, 5.41) is 0. The van der Waals surface area contributed by atoms with Crippen LogP contribution in [0.25, 0.3) is 0 Å². The molecule has 4 aromatic rings. The zero-order valence-electron chi connectivity index (χ0n) is 19.5. The van der Waals surface area contributed by atoms with Crippen LogP contribution in [0.3, 0.4) is 0 Å². The van der Waals surface area contributed by atoms with E-state index in [4.69, 9.17) is 18.9 Å². The van der Waals surface area contributed by atoms with Gasteiger partial charge in [-0.2, -0.15) is 0 Å². The second-order valence-corrected chi connectivity index (χ2v) is 9.57. The van der Waals surface area contributed by atoms with Crippen molar-refractivity contribution in [1.82, 2.24) is 0 Å². The molecule has 0 atom stereocenters. The van der Waals surface area contributed by atoms with E-state index in [1.807, 2.05) is 36.4 Å². The monoisotopic (exact) mass is 487 g/mol. The summed E-state index contributed by atoms with van der Waals surface area (Å²) in [7, 11) is 1.27. The fraction of sp³-hybridized carbons (Fsp3) is 0.138. The van der Waals surface area contributed by atoms with Gasteiger partial charge in [0.25, 0.3) is 0 Å². The van der Waals surface area contributed by atoms with Crippen LogP contribution in [0.5, 0.6) is 11.5 Å². The molecule has 0 unspecified atom stereocenters. The van der Waals surface area contributed by atoms with Crippen molar-refractivity contribution in [3.63, 3.8) is 0 Å². The quantitative estimate of drug-likeness (QED) is 0.150. The van der Waals surface area contributed by atoms with Crippen LogP contribution < -0.4 is 9.47 Å². The van der Waals surface area contributed by atoms with Gasteiger partial charge in [0.05, 0.1) is 10.9 Å². The fourth-order valence-electron chi connectivity index (χ4n) is 3.35. The Labute approximate surface area is 208 Å². The minimum atomic E-state index is -0.481. The van der Waals surface area contributed by atoms with Gasteiger partial charge >= 0.3 is 5.97 Å². The molecule has 0 fully saturated rings. The highest BCUT2D eigenvalue weighted by Crippen LogP contribution is 2.32. The number of hydrogen-bond donors (Lipinski definition) is 0. The molecule has 35 heavy (non-hydrogen) atoms. The van der Waals surface area contributed by atoms with Crippen LogP contribution in [0.15, 0.2) is 124 Å². The molecule has 0 spiro atoms. The lowest BCUT2D eigenvalue weighted by Gasteiger charge is -2.10. The maximum atomic E-state index is 11.5. The number of carbonyl (C=O) groups excluding carboxylic acids is 1. The third-order valence-electron chi connectivity index (χ3n) is 5.04. The van der Waals surface area contributed by atoms with Crippen molar-refractivity contribution in [2.45, 2.75) is 21.3 Å². The van der Waals surface area contributed by atoms with Crippen LogP contribution in [0.4, 0.5) is 0 Å². The summed E-state index contributed by atoms with van der Waals surface area (Å²) >= 11 is 0. The highest BCUT2D eigenvalue weighted by atomic mass is 32.2. The SMILES string of the molecule is COCOC(=O)COc1ccc(COc2ccc([S+](c3ccccc3)c3ccccc3)cc2)cc1. The molecule has 0 aliphatic rings. The first-order valence-electron chi connectivity index (χ1n) is 11.2. The molecule has 6 heteroatoms. The molecule has 0 aromatic heterocycles. The zero-order chi connectivity index (χ0) is 24.3. The van der Waals surface area contributed by atoms with Gasteiger partial charge in [-0.3, -0.25) is 0 Å². The van der Waals surface area contributed by atoms with Crippen molar-refractivity contribution in [3.8, 4) is 11.5 Å². The lowest BCUT2D eigenvalue weighted by Crippen LogP contribution is -2.16. The average molecular weight is 488 g/mol. The molecule has 4 rings (SSSR count). The molecule has 4 aromatic carbocycles. The van der Waals surface area contributed by atoms with Crippen molar-refractivity contribution in [3.05, 3.63) is 115 Å². The molecule has 0 amide bonds. The molecule has 0 aliphatic carbocycles. The summed E-state index contributed by atoms with van der Waals surface area (Å²) < 4.78 is 20.9. The summed E-state index contributed by atoms with van der Waals surface area (Å²) in [5.74, 6) is 0.908. The zero-order valence-corrected chi connectivity index (χ0v) is 20.3. The lowest BCUT2D eigenvalue weighted by molar-refractivity contribution is -0.156. The maximum absolute atomic E-state index is 11.5. The molecule has 0 saturated carbocycles. The van der Waals surface area contributed by atoms with Crippen LogP contribution in [0.2, 0.25) is 0 Å². The number of hydrogen-bond acceptors (Lipinski definition) is 5. The van der Waals surface area contributed by atoms with E-state index in [0.717, 1.165) is 11.3 Å². The molecule has 0 N–H and O–H groups in total. The van der Waals surface area contributed by atoms with Crippen molar-refractivity contribution in [1.29, 1.82) is 0 Å². The summed E-state index contributed by atoms with van der Waals surface area (Å²) in [6, 6.07) is 36.9. The van der Waals surface area contributed by atoms with Crippen LogP contribution in [0.1, 0.15) is 5.56 Å². The molecule has 0 heterocycles. The number of carbonyl (C=O) groups is 1. The van der Waals surface area contributed by atoms with Crippen LogP contribution >= 0.6 is 0 Å². The fourth-order valence-corrected chi connectivity index (χ4v) is 5.43. The van der Waals surface area contributed by atoms with E-state index in [9.17, 15) is 4.79 Å². The normalized spacial score (nSPS) is 10.7. The molecule has 0 radical (unpaired) electrons. The largest absolute Gasteiger partial charge is 0.489 e. The first-order valence-corrected chi connectivity index (χ1v) is 12.4. The van der Waals surface area contributed by atoms with Crippen molar-refractivity contribution in [2.24, 2.45) is 0 Å². The molecular weight excluding hydrogens is 460 g/mol. The predicted octanol–water partition coefficient (Wildman–Crippen LogP) is 5.89. The Morgan fingerprint density at radius 2 is 1.17 bits per heavy atom. The third-order valence-corrected chi connectivity index (χ3v) is 7.27. The van der Waals surface area contributed by atoms with E-state index in [2.05, 4.69) is 60.7 Å². The van der Waals surface area contributed by atoms with Gasteiger partial charge in [-0.25, -0.2) is 4.79 Å². The Bertz CT molecular complexity index is 1140. The molecule has 5 nitrogen and oxygen atoms in total. The van der Waals surface area contributed by atoms with E-state index >= 15 is 0 Å². The van der Waals surface area contributed by atoms with Gasteiger partial charge in [0, 0.05) is 7.11 Å². The second-order valence-electron chi connectivity index (χ2n) is 7.55. The van der Waals surface area contributed by atoms with Gasteiger partial charge in [0.15, 0.2) is 28.1 Å². The molecule has 0 aliphatic heterocycles. The highest BCUT2D eigenvalue weighted by Gasteiger charge is 2.28. The third kappa shape index (κ3) is 7.12. The summed E-state index contributed by atoms with van der Waals surface area (Å²) in [5.41, 5.74) is 0.997. The number of esters is 1. The van der Waals surface area contributed by atoms with E-state index in [-0.39, 0.29) is 24.3 Å². The number of benzene rings is 4. The first-order chi connectivity index (χ1) is 17.2. The smallest absolute Gasteiger partial charge is 0.346 e. The molecule has 0 saturated heterocycles. The van der Waals surface area contributed by atoms with E-state index < -0.39 is 5.97 Å². The van der Waals surface area contributed by atoms with Gasteiger partial charge in [-0.05, 0) is 66.2 Å². The second kappa shape index (κ2) is 12.6. The van der Waals surface area contributed by atoms with Crippen LogP contribution in [0, 0.1) is 0 Å². The topological polar surface area (TPSA) is 54.0 Å². The average Bonchev–Trinajstić information content (AvgIpc) is 2.92. The molecule has 0 bridgehead atoms. The van der Waals surface area contributed by atoms with Gasteiger partial charge in [0.2, 0.25) is 0 Å². The number of methoxy groups -OCH3 is 1. The van der Waals surface area contributed by atoms with E-state index in [0.29, 0.717) is 12.4 Å². The van der Waals surface area contributed by atoms with Crippen LogP contribution in [-0.2, 0) is 31.8 Å². The Hall–Kier alpha value is -3.74. The van der Waals surface area contributed by atoms with Crippen molar-refractivity contribution in [2.75, 3.05) is 20.5 Å². The van der Waals surface area contributed by atoms with Gasteiger partial charge in [0.1, 0.15) is 18.1 Å². The minimum absolute atomic E-state index is 0.0843. The Kier molecular flexibility index (Phi) is 8.81. The van der Waals surface area contributed by atoms with Crippen molar-refractivity contribution >= 4 is 16.9 Å². The van der Waals surface area contributed by atoms with Gasteiger partial charge in [-0.1, -0.05) is 48.5 Å². The molecule has 178 valence electrons. The summed E-state index contributed by atoms with van der Waals surface area (Å²) in [6.07, 6.45) is 0. The first kappa shape index (κ1) is 24.4. The number of ether oxygens (including phenoxy) is 4. The van der Waals surface area contributed by atoms with E-state index in [1.54, 1.807) is 12.1 Å². The predicted molar refractivity (Wildman–Crippen MR) is 136 cm³/mol. The molecular formula is C29H27O5S+. The van der Waals surface area contributed by atoms with Crippen LogP contribution in [-0.4, -0.2) is 26.5 Å². The lowest BCUT2D eigenvalue weighted by atomic mass is 10.2. The van der Waals surface area contributed by atoms with Crippen molar-refractivity contribution < 1.29 is 23.7 Å². The number of rotatable bonds is 11. The Morgan fingerprint density at radius 1 is 0.657 bits per heavy atom. The van der Waals surface area contributed by atoms with Gasteiger partial charge < -0.3 is 18.9 Å². The Morgan fingerprint density at radius 3 is 1.74 bits per heavy atom. The summed E-state index contributed by atoms with van der Waals surface area (Å²) in [4.78, 5) is 15.3. The Balaban J connectivity index is 1.36.